The summed E-state index contributed by atoms with van der Waals surface area (Å²) in [5.41, 5.74) is 6.09. The topological polar surface area (TPSA) is 69.2 Å². The SMILES string of the molecule is O=C(O)C(F)(F)F.c1cc(CN2CCCCC2)cc(-c2csc(-c3nc4ccccc4[nH]3)c2)c1. The second kappa shape index (κ2) is 10.4. The van der Waals surface area contributed by atoms with Gasteiger partial charge in [-0.3, -0.25) is 4.90 Å². The van der Waals surface area contributed by atoms with Gasteiger partial charge in [0.2, 0.25) is 0 Å². The lowest BCUT2D eigenvalue weighted by molar-refractivity contribution is -0.192. The Balaban J connectivity index is 0.000000344. The van der Waals surface area contributed by atoms with Gasteiger partial charge in [0.15, 0.2) is 0 Å². The number of hydrogen-bond acceptors (Lipinski definition) is 4. The molecule has 5 nitrogen and oxygen atoms in total. The molecule has 1 saturated heterocycles. The molecule has 5 rings (SSSR count). The van der Waals surface area contributed by atoms with E-state index in [0.29, 0.717) is 0 Å². The fourth-order valence-electron chi connectivity index (χ4n) is 3.91. The van der Waals surface area contributed by atoms with Gasteiger partial charge < -0.3 is 10.1 Å². The van der Waals surface area contributed by atoms with Gasteiger partial charge in [0.05, 0.1) is 15.9 Å². The number of fused-ring (bicyclic) bond motifs is 1. The summed E-state index contributed by atoms with van der Waals surface area (Å²) in [5.74, 6) is -1.80. The number of benzene rings is 2. The minimum atomic E-state index is -5.08. The third-order valence-electron chi connectivity index (χ3n) is 5.58. The van der Waals surface area contributed by atoms with Crippen LogP contribution in [0.4, 0.5) is 13.2 Å². The van der Waals surface area contributed by atoms with Gasteiger partial charge in [0, 0.05) is 6.54 Å². The molecule has 1 fully saturated rings. The van der Waals surface area contributed by atoms with E-state index in [1.54, 1.807) is 11.3 Å². The Kier molecular flexibility index (Phi) is 7.33. The number of H-pyrrole nitrogens is 1. The van der Waals surface area contributed by atoms with E-state index in [-0.39, 0.29) is 0 Å². The van der Waals surface area contributed by atoms with Gasteiger partial charge in [-0.05, 0) is 72.3 Å². The maximum atomic E-state index is 10.6. The lowest BCUT2D eigenvalue weighted by atomic mass is 10.0. The molecule has 0 aliphatic carbocycles. The first-order valence-corrected chi connectivity index (χ1v) is 11.8. The highest BCUT2D eigenvalue weighted by Crippen LogP contribution is 2.32. The summed E-state index contributed by atoms with van der Waals surface area (Å²) >= 11 is 1.75. The minimum absolute atomic E-state index is 0.955. The fraction of sp³-hybridized carbons (Fsp3) is 0.280. The molecule has 0 radical (unpaired) electrons. The van der Waals surface area contributed by atoms with E-state index in [2.05, 4.69) is 51.7 Å². The molecule has 1 aliphatic rings. The molecule has 0 spiro atoms. The molecule has 3 heterocycles. The summed E-state index contributed by atoms with van der Waals surface area (Å²) in [6, 6.07) is 19.4. The second-order valence-corrected chi connectivity index (χ2v) is 9.05. The minimum Gasteiger partial charge on any atom is -0.475 e. The number of alkyl halides is 3. The molecule has 2 aromatic carbocycles. The van der Waals surface area contributed by atoms with E-state index in [9.17, 15) is 13.2 Å². The standard InChI is InChI=1S/C23H23N3S.C2HF3O2/c1-4-11-26(12-5-1)15-17-7-6-8-18(13-17)19-14-22(27-16-19)23-24-20-9-2-3-10-21(20)25-23;3-2(4,5)1(6)7/h2-3,6-10,13-14,16H,1,4-5,11-12,15H2,(H,24,25);(H,6,7). The van der Waals surface area contributed by atoms with Crippen molar-refractivity contribution < 1.29 is 23.1 Å². The molecule has 178 valence electrons. The zero-order chi connectivity index (χ0) is 24.1. The van der Waals surface area contributed by atoms with Gasteiger partial charge in [-0.25, -0.2) is 9.78 Å². The summed E-state index contributed by atoms with van der Waals surface area (Å²) in [6.07, 6.45) is -1.02. The van der Waals surface area contributed by atoms with E-state index in [0.717, 1.165) is 23.4 Å². The highest BCUT2D eigenvalue weighted by molar-refractivity contribution is 7.13. The highest BCUT2D eigenvalue weighted by Gasteiger charge is 2.38. The molecule has 0 amide bonds. The molecule has 4 aromatic rings. The largest absolute Gasteiger partial charge is 0.490 e. The molecule has 0 atom stereocenters. The molecule has 1 aliphatic heterocycles. The average Bonchev–Trinajstić information content (AvgIpc) is 3.47. The summed E-state index contributed by atoms with van der Waals surface area (Å²) in [5, 5.41) is 9.36. The summed E-state index contributed by atoms with van der Waals surface area (Å²) in [7, 11) is 0. The number of rotatable bonds is 4. The first kappa shape index (κ1) is 24.0. The third-order valence-corrected chi connectivity index (χ3v) is 6.52. The maximum Gasteiger partial charge on any atom is 0.490 e. The number of aromatic amines is 1. The molecular formula is C25H24F3N3O2S. The number of imidazole rings is 1. The van der Waals surface area contributed by atoms with Crippen molar-refractivity contribution in [3.8, 4) is 21.8 Å². The summed E-state index contributed by atoms with van der Waals surface area (Å²) in [6.45, 7) is 3.53. The van der Waals surface area contributed by atoms with Gasteiger partial charge in [0.1, 0.15) is 5.82 Å². The van der Waals surface area contributed by atoms with E-state index in [4.69, 9.17) is 14.9 Å². The summed E-state index contributed by atoms with van der Waals surface area (Å²) in [4.78, 5) is 20.8. The predicted octanol–water partition coefficient (Wildman–Crippen LogP) is 6.58. The van der Waals surface area contributed by atoms with Crippen molar-refractivity contribution in [1.29, 1.82) is 0 Å². The van der Waals surface area contributed by atoms with E-state index in [1.165, 1.54) is 53.9 Å². The molecule has 0 unspecified atom stereocenters. The van der Waals surface area contributed by atoms with Crippen molar-refractivity contribution >= 4 is 28.3 Å². The quantitative estimate of drug-likeness (QED) is 0.341. The van der Waals surface area contributed by atoms with Crippen molar-refractivity contribution in [2.24, 2.45) is 0 Å². The van der Waals surface area contributed by atoms with Gasteiger partial charge in [-0.15, -0.1) is 11.3 Å². The van der Waals surface area contributed by atoms with Crippen LogP contribution in [0.1, 0.15) is 24.8 Å². The Bertz CT molecular complexity index is 1230. The van der Waals surface area contributed by atoms with Crippen LogP contribution in [0.15, 0.2) is 60.0 Å². The lowest BCUT2D eigenvalue weighted by Gasteiger charge is -2.26. The number of likely N-dealkylation sites (tertiary alicyclic amines) is 1. The van der Waals surface area contributed by atoms with Gasteiger partial charge in [-0.1, -0.05) is 36.8 Å². The molecule has 0 bridgehead atoms. The Morgan fingerprint density at radius 2 is 1.76 bits per heavy atom. The fourth-order valence-corrected chi connectivity index (χ4v) is 4.77. The number of carbonyl (C=O) groups is 1. The van der Waals surface area contributed by atoms with Crippen LogP contribution in [0.25, 0.3) is 32.9 Å². The number of thiophene rings is 1. The Labute approximate surface area is 198 Å². The lowest BCUT2D eigenvalue weighted by Crippen LogP contribution is -2.29. The molecule has 2 N–H and O–H groups in total. The smallest absolute Gasteiger partial charge is 0.475 e. The van der Waals surface area contributed by atoms with Crippen molar-refractivity contribution in [2.75, 3.05) is 13.1 Å². The first-order chi connectivity index (χ1) is 16.3. The summed E-state index contributed by atoms with van der Waals surface area (Å²) < 4.78 is 31.7. The number of halogens is 3. The van der Waals surface area contributed by atoms with Crippen molar-refractivity contribution in [2.45, 2.75) is 32.0 Å². The number of nitrogens with one attached hydrogen (secondary N) is 1. The average molecular weight is 488 g/mol. The molecule has 2 aromatic heterocycles. The van der Waals surface area contributed by atoms with Crippen molar-refractivity contribution in [3.63, 3.8) is 0 Å². The van der Waals surface area contributed by atoms with E-state index < -0.39 is 12.1 Å². The Morgan fingerprint density at radius 1 is 1.03 bits per heavy atom. The number of para-hydroxylation sites is 2. The Morgan fingerprint density at radius 3 is 2.47 bits per heavy atom. The van der Waals surface area contributed by atoms with Crippen LogP contribution in [-0.4, -0.2) is 45.2 Å². The maximum absolute atomic E-state index is 10.6. The number of carboxylic acid groups (broad SMARTS) is 1. The second-order valence-electron chi connectivity index (χ2n) is 8.14. The normalized spacial score (nSPS) is 14.6. The van der Waals surface area contributed by atoms with Crippen LogP contribution < -0.4 is 0 Å². The van der Waals surface area contributed by atoms with Gasteiger partial charge in [0.25, 0.3) is 0 Å². The monoisotopic (exact) mass is 487 g/mol. The van der Waals surface area contributed by atoms with Crippen LogP contribution >= 0.6 is 11.3 Å². The van der Waals surface area contributed by atoms with Crippen LogP contribution in [0.3, 0.4) is 0 Å². The van der Waals surface area contributed by atoms with Crippen molar-refractivity contribution in [3.05, 3.63) is 65.5 Å². The van der Waals surface area contributed by atoms with Crippen LogP contribution in [0.2, 0.25) is 0 Å². The first-order valence-electron chi connectivity index (χ1n) is 10.9. The van der Waals surface area contributed by atoms with Crippen molar-refractivity contribution in [1.82, 2.24) is 14.9 Å². The number of nitrogens with zero attached hydrogens (tertiary/aromatic N) is 2. The van der Waals surface area contributed by atoms with Gasteiger partial charge >= 0.3 is 12.1 Å². The number of hydrogen-bond donors (Lipinski definition) is 2. The molecule has 0 saturated carbocycles. The predicted molar refractivity (Wildman–Crippen MR) is 128 cm³/mol. The van der Waals surface area contributed by atoms with Gasteiger partial charge in [-0.2, -0.15) is 13.2 Å². The number of aliphatic carboxylic acids is 1. The van der Waals surface area contributed by atoms with Crippen LogP contribution in [-0.2, 0) is 11.3 Å². The number of carboxylic acids is 1. The molecule has 34 heavy (non-hydrogen) atoms. The van der Waals surface area contributed by atoms with E-state index >= 15 is 0 Å². The zero-order valence-corrected chi connectivity index (χ0v) is 19.1. The third kappa shape index (κ3) is 6.03. The number of piperidine rings is 1. The molecule has 9 heteroatoms. The number of aromatic nitrogens is 2. The zero-order valence-electron chi connectivity index (χ0n) is 18.3. The molecular weight excluding hydrogens is 463 g/mol. The van der Waals surface area contributed by atoms with E-state index in [1.807, 2.05) is 18.2 Å². The van der Waals surface area contributed by atoms with Crippen LogP contribution in [0, 0.1) is 0 Å². The van der Waals surface area contributed by atoms with Crippen LogP contribution in [0.5, 0.6) is 0 Å². The Hall–Kier alpha value is -3.17. The highest BCUT2D eigenvalue weighted by atomic mass is 32.1.